The maximum Gasteiger partial charge on any atom is 0.329 e. The molecule has 1 aromatic heterocycles. The van der Waals surface area contributed by atoms with E-state index in [4.69, 9.17) is 11.6 Å². The van der Waals surface area contributed by atoms with Gasteiger partial charge in [0.15, 0.2) is 0 Å². The van der Waals surface area contributed by atoms with Crippen LogP contribution in [0.5, 0.6) is 0 Å². The van der Waals surface area contributed by atoms with Crippen LogP contribution < -0.4 is 11.2 Å². The van der Waals surface area contributed by atoms with E-state index < -0.39 is 5.69 Å². The van der Waals surface area contributed by atoms with Crippen molar-refractivity contribution in [2.24, 2.45) is 0 Å². The first kappa shape index (κ1) is 14.1. The van der Waals surface area contributed by atoms with E-state index in [0.717, 1.165) is 12.0 Å². The third-order valence-electron chi connectivity index (χ3n) is 4.01. The minimum Gasteiger partial charge on any atom is -0.297 e. The standard InChI is InChI=1S/C16H17ClN2O2/c1-9(2)13-14(17)18-16(21)19(15(13)20)12-8-11(12)10-6-4-3-5-7-10/h3-7,9,11-12H,8H2,1-2H3,(H,18,21). The first-order valence-corrected chi connectivity index (χ1v) is 7.47. The second kappa shape index (κ2) is 5.19. The van der Waals surface area contributed by atoms with Gasteiger partial charge in [-0.3, -0.25) is 14.3 Å². The molecular formula is C16H17ClN2O2. The van der Waals surface area contributed by atoms with Gasteiger partial charge in [-0.1, -0.05) is 55.8 Å². The Bertz CT molecular complexity index is 777. The topological polar surface area (TPSA) is 54.9 Å². The molecule has 0 saturated heterocycles. The number of aromatic amines is 1. The van der Waals surface area contributed by atoms with Crippen LogP contribution in [0.4, 0.5) is 0 Å². The fraction of sp³-hybridized carbons (Fsp3) is 0.375. The Balaban J connectivity index is 2.04. The number of halogens is 1. The highest BCUT2D eigenvalue weighted by Crippen LogP contribution is 2.50. The number of H-pyrrole nitrogens is 1. The molecule has 1 aliphatic carbocycles. The van der Waals surface area contributed by atoms with E-state index in [9.17, 15) is 9.59 Å². The number of nitrogens with one attached hydrogen (secondary N) is 1. The molecule has 3 rings (SSSR count). The van der Waals surface area contributed by atoms with Crippen molar-refractivity contribution in [2.75, 3.05) is 0 Å². The smallest absolute Gasteiger partial charge is 0.297 e. The first-order valence-electron chi connectivity index (χ1n) is 7.10. The van der Waals surface area contributed by atoms with Gasteiger partial charge in [-0.15, -0.1) is 0 Å². The van der Waals surface area contributed by atoms with E-state index in [0.29, 0.717) is 5.56 Å². The second-order valence-corrected chi connectivity index (χ2v) is 6.19. The summed E-state index contributed by atoms with van der Waals surface area (Å²) in [6, 6.07) is 9.89. The summed E-state index contributed by atoms with van der Waals surface area (Å²) in [7, 11) is 0. The van der Waals surface area contributed by atoms with Gasteiger partial charge < -0.3 is 0 Å². The molecule has 0 bridgehead atoms. The summed E-state index contributed by atoms with van der Waals surface area (Å²) in [5.74, 6) is 0.202. The van der Waals surface area contributed by atoms with Crippen molar-refractivity contribution in [3.63, 3.8) is 0 Å². The van der Waals surface area contributed by atoms with E-state index in [1.807, 2.05) is 44.2 Å². The maximum atomic E-state index is 12.6. The lowest BCUT2D eigenvalue weighted by Crippen LogP contribution is -2.37. The van der Waals surface area contributed by atoms with Crippen LogP contribution in [0.15, 0.2) is 39.9 Å². The van der Waals surface area contributed by atoms with Crippen LogP contribution in [0, 0.1) is 0 Å². The SMILES string of the molecule is CC(C)c1c(Cl)[nH]c(=O)n(C2CC2c2ccccc2)c1=O. The molecule has 1 aliphatic rings. The van der Waals surface area contributed by atoms with Gasteiger partial charge in [0, 0.05) is 12.0 Å². The molecule has 0 amide bonds. The first-order chi connectivity index (χ1) is 10.0. The number of nitrogens with zero attached hydrogens (tertiary/aromatic N) is 1. The molecule has 0 spiro atoms. The molecule has 4 nitrogen and oxygen atoms in total. The predicted octanol–water partition coefficient (Wildman–Crippen LogP) is 3.04. The van der Waals surface area contributed by atoms with Gasteiger partial charge in [0.2, 0.25) is 0 Å². The van der Waals surface area contributed by atoms with Crippen molar-refractivity contribution in [1.29, 1.82) is 0 Å². The molecule has 2 atom stereocenters. The lowest BCUT2D eigenvalue weighted by atomic mass is 10.1. The molecule has 1 saturated carbocycles. The zero-order valence-corrected chi connectivity index (χ0v) is 12.7. The lowest BCUT2D eigenvalue weighted by molar-refractivity contribution is 0.620. The van der Waals surface area contributed by atoms with Crippen molar-refractivity contribution in [3.8, 4) is 0 Å². The molecule has 21 heavy (non-hydrogen) atoms. The number of rotatable bonds is 3. The molecule has 1 aromatic carbocycles. The van der Waals surface area contributed by atoms with Crippen molar-refractivity contribution in [3.05, 3.63) is 67.4 Å². The van der Waals surface area contributed by atoms with Crippen molar-refractivity contribution in [1.82, 2.24) is 9.55 Å². The third kappa shape index (κ3) is 2.44. The minimum atomic E-state index is -0.419. The third-order valence-corrected chi connectivity index (χ3v) is 4.31. The molecule has 1 heterocycles. The zero-order valence-electron chi connectivity index (χ0n) is 12.0. The largest absolute Gasteiger partial charge is 0.329 e. The lowest BCUT2D eigenvalue weighted by Gasteiger charge is -2.11. The predicted molar refractivity (Wildman–Crippen MR) is 83.3 cm³/mol. The van der Waals surface area contributed by atoms with E-state index in [1.165, 1.54) is 4.57 Å². The number of hydrogen-bond donors (Lipinski definition) is 1. The van der Waals surface area contributed by atoms with Crippen LogP contribution in [0.2, 0.25) is 5.15 Å². The normalized spacial score (nSPS) is 20.8. The minimum absolute atomic E-state index is 0.0259. The Morgan fingerprint density at radius 2 is 1.90 bits per heavy atom. The summed E-state index contributed by atoms with van der Waals surface area (Å²) in [4.78, 5) is 27.3. The van der Waals surface area contributed by atoms with Crippen molar-refractivity contribution >= 4 is 11.6 Å². The summed E-state index contributed by atoms with van der Waals surface area (Å²) >= 11 is 6.01. The number of benzene rings is 1. The Morgan fingerprint density at radius 1 is 1.24 bits per heavy atom. The molecule has 110 valence electrons. The average Bonchev–Trinajstić information content (AvgIpc) is 3.18. The monoisotopic (exact) mass is 304 g/mol. The van der Waals surface area contributed by atoms with E-state index in [-0.39, 0.29) is 28.6 Å². The van der Waals surface area contributed by atoms with Gasteiger partial charge in [-0.05, 0) is 17.9 Å². The van der Waals surface area contributed by atoms with E-state index >= 15 is 0 Å². The van der Waals surface area contributed by atoms with Crippen LogP contribution in [0.1, 0.15) is 49.3 Å². The fourth-order valence-electron chi connectivity index (χ4n) is 2.86. The molecule has 2 unspecified atom stereocenters. The van der Waals surface area contributed by atoms with Gasteiger partial charge in [0.25, 0.3) is 5.56 Å². The van der Waals surface area contributed by atoms with Gasteiger partial charge >= 0.3 is 5.69 Å². The summed E-state index contributed by atoms with van der Waals surface area (Å²) in [5, 5.41) is 0.160. The van der Waals surface area contributed by atoms with E-state index in [2.05, 4.69) is 4.98 Å². The highest BCUT2D eigenvalue weighted by atomic mass is 35.5. The van der Waals surface area contributed by atoms with Gasteiger partial charge in [-0.25, -0.2) is 4.79 Å². The van der Waals surface area contributed by atoms with Crippen molar-refractivity contribution < 1.29 is 0 Å². The maximum absolute atomic E-state index is 12.6. The van der Waals surface area contributed by atoms with Crippen LogP contribution in [0.3, 0.4) is 0 Å². The van der Waals surface area contributed by atoms with E-state index in [1.54, 1.807) is 0 Å². The molecule has 1 fully saturated rings. The number of aromatic nitrogens is 2. The second-order valence-electron chi connectivity index (χ2n) is 5.81. The quantitative estimate of drug-likeness (QED) is 0.886. The van der Waals surface area contributed by atoms with Crippen LogP contribution in [0.25, 0.3) is 0 Å². The molecule has 1 N–H and O–H groups in total. The highest BCUT2D eigenvalue weighted by Gasteiger charge is 2.42. The van der Waals surface area contributed by atoms with Crippen LogP contribution in [-0.4, -0.2) is 9.55 Å². The Hall–Kier alpha value is -1.81. The fourth-order valence-corrected chi connectivity index (χ4v) is 3.24. The Labute approximate surface area is 127 Å². The highest BCUT2D eigenvalue weighted by molar-refractivity contribution is 6.30. The average molecular weight is 305 g/mol. The molecule has 5 heteroatoms. The molecule has 0 aliphatic heterocycles. The molecule has 0 radical (unpaired) electrons. The summed E-state index contributed by atoms with van der Waals surface area (Å²) in [5.41, 5.74) is 0.963. The van der Waals surface area contributed by atoms with Gasteiger partial charge in [0.05, 0.1) is 5.56 Å². The summed E-state index contributed by atoms with van der Waals surface area (Å²) < 4.78 is 1.33. The zero-order chi connectivity index (χ0) is 15.1. The Morgan fingerprint density at radius 3 is 2.52 bits per heavy atom. The Kier molecular flexibility index (Phi) is 3.49. The molecular weight excluding hydrogens is 288 g/mol. The van der Waals surface area contributed by atoms with Crippen molar-refractivity contribution in [2.45, 2.75) is 38.1 Å². The summed E-state index contributed by atoms with van der Waals surface area (Å²) in [6.07, 6.45) is 0.812. The summed E-state index contributed by atoms with van der Waals surface area (Å²) in [6.45, 7) is 3.79. The van der Waals surface area contributed by atoms with Crippen LogP contribution >= 0.6 is 11.6 Å². The molecule has 2 aromatic rings. The van der Waals surface area contributed by atoms with Crippen LogP contribution in [-0.2, 0) is 0 Å². The van der Waals surface area contributed by atoms with Gasteiger partial charge in [-0.2, -0.15) is 0 Å². The number of hydrogen-bond acceptors (Lipinski definition) is 2. The van der Waals surface area contributed by atoms with Gasteiger partial charge in [0.1, 0.15) is 5.15 Å².